The number of hydrogen-bond donors (Lipinski definition) is 2. The zero-order valence-electron chi connectivity index (χ0n) is 25.5. The molecular formula is C34H31F2N7O4. The van der Waals surface area contributed by atoms with Gasteiger partial charge in [-0.2, -0.15) is 5.10 Å². The van der Waals surface area contributed by atoms with Crippen molar-refractivity contribution in [3.63, 3.8) is 0 Å². The smallest absolute Gasteiger partial charge is 0.258 e. The van der Waals surface area contributed by atoms with Gasteiger partial charge in [0.25, 0.3) is 5.91 Å². The Hall–Kier alpha value is -5.27. The van der Waals surface area contributed by atoms with Crippen molar-refractivity contribution in [2.24, 2.45) is 0 Å². The third kappa shape index (κ3) is 6.02. The number of nitrogens with one attached hydrogen (secondary N) is 2. The van der Waals surface area contributed by atoms with Crippen LogP contribution in [0.15, 0.2) is 77.6 Å². The van der Waals surface area contributed by atoms with E-state index in [4.69, 9.17) is 9.15 Å². The van der Waals surface area contributed by atoms with E-state index in [1.54, 1.807) is 35.2 Å². The van der Waals surface area contributed by atoms with Crippen LogP contribution in [0.25, 0.3) is 39.2 Å². The molecule has 2 N–H and O–H groups in total. The predicted octanol–water partition coefficient (Wildman–Crippen LogP) is 4.90. The van der Waals surface area contributed by atoms with Crippen LogP contribution in [0, 0.1) is 11.6 Å². The molecule has 2 amide bonds. The van der Waals surface area contributed by atoms with Crippen LogP contribution >= 0.6 is 0 Å². The van der Waals surface area contributed by atoms with Crippen LogP contribution in [0.5, 0.6) is 0 Å². The maximum atomic E-state index is 14.9. The number of carbonyl (C=O) groups is 2. The molecular weight excluding hydrogens is 608 g/mol. The van der Waals surface area contributed by atoms with Crippen molar-refractivity contribution >= 4 is 34.0 Å². The Morgan fingerprint density at radius 2 is 1.89 bits per heavy atom. The number of rotatable bonds is 8. The van der Waals surface area contributed by atoms with E-state index in [0.29, 0.717) is 55.0 Å². The standard InChI is InChI=1S/C34H31F2N7O4/c1-46-34(33(45)38-25-7-9-29-27(17-25)31(40-39-29)22-2-5-24(35)6-3-22)12-15-42(19-34)18-30(44)43-13-10-21(11-14-43)26-8-4-23(16-28(26)36)32-41-37-20-47-32/h2-10,16-17,20H,11-15,18-19H2,1H3,(H,38,45)(H,39,40)/t34-/m0/s1. The van der Waals surface area contributed by atoms with E-state index in [1.807, 2.05) is 23.1 Å². The molecule has 7 rings (SSSR count). The van der Waals surface area contributed by atoms with Crippen molar-refractivity contribution in [3.8, 4) is 22.7 Å². The van der Waals surface area contributed by atoms with Crippen molar-refractivity contribution in [2.75, 3.05) is 45.2 Å². The fraction of sp³-hybridized carbons (Fsp3) is 0.265. The molecule has 0 bridgehead atoms. The maximum Gasteiger partial charge on any atom is 0.258 e. The zero-order valence-corrected chi connectivity index (χ0v) is 25.5. The van der Waals surface area contributed by atoms with Crippen molar-refractivity contribution in [1.82, 2.24) is 30.2 Å². The van der Waals surface area contributed by atoms with Gasteiger partial charge in [0.1, 0.15) is 11.6 Å². The third-order valence-corrected chi connectivity index (χ3v) is 8.90. The Morgan fingerprint density at radius 1 is 1.06 bits per heavy atom. The maximum absolute atomic E-state index is 14.9. The average molecular weight is 640 g/mol. The van der Waals surface area contributed by atoms with E-state index < -0.39 is 11.4 Å². The summed E-state index contributed by atoms with van der Waals surface area (Å²) in [5.74, 6) is -0.860. The monoisotopic (exact) mass is 639 g/mol. The zero-order chi connectivity index (χ0) is 32.5. The molecule has 240 valence electrons. The molecule has 4 heterocycles. The van der Waals surface area contributed by atoms with Gasteiger partial charge in [0, 0.05) is 61.1 Å². The number of carbonyl (C=O) groups excluding carboxylic acids is 2. The molecule has 3 aromatic carbocycles. The van der Waals surface area contributed by atoms with Gasteiger partial charge in [-0.3, -0.25) is 19.6 Å². The van der Waals surface area contributed by atoms with E-state index in [9.17, 15) is 18.4 Å². The molecule has 2 aliphatic heterocycles. The number of aromatic nitrogens is 4. The van der Waals surface area contributed by atoms with Crippen LogP contribution < -0.4 is 5.32 Å². The summed E-state index contributed by atoms with van der Waals surface area (Å²) in [5.41, 5.74) is 3.41. The van der Waals surface area contributed by atoms with Gasteiger partial charge in [-0.1, -0.05) is 12.1 Å². The van der Waals surface area contributed by atoms with Crippen LogP contribution in [-0.2, 0) is 14.3 Å². The molecule has 2 aromatic heterocycles. The third-order valence-electron chi connectivity index (χ3n) is 8.90. The molecule has 47 heavy (non-hydrogen) atoms. The number of fused-ring (bicyclic) bond motifs is 1. The highest BCUT2D eigenvalue weighted by atomic mass is 19.1. The summed E-state index contributed by atoms with van der Waals surface area (Å²) in [4.78, 5) is 30.5. The number of amides is 2. The van der Waals surface area contributed by atoms with Crippen LogP contribution in [0.3, 0.4) is 0 Å². The molecule has 13 heteroatoms. The number of benzene rings is 3. The first-order valence-corrected chi connectivity index (χ1v) is 15.2. The SMILES string of the molecule is CO[C@@]1(C(=O)Nc2ccc3[nH]nc(-c4ccc(F)cc4)c3c2)CCN(CC(=O)N2CC=C(c3ccc(-c4nnco4)cc3F)CC2)C1. The van der Waals surface area contributed by atoms with Crippen molar-refractivity contribution in [3.05, 3.63) is 90.3 Å². The quantitative estimate of drug-likeness (QED) is 0.245. The lowest BCUT2D eigenvalue weighted by molar-refractivity contribution is -0.138. The number of H-pyrrole nitrogens is 1. The minimum absolute atomic E-state index is 0.0708. The first-order valence-electron chi connectivity index (χ1n) is 15.2. The fourth-order valence-corrected chi connectivity index (χ4v) is 6.24. The summed E-state index contributed by atoms with van der Waals surface area (Å²) in [7, 11) is 1.50. The van der Waals surface area contributed by atoms with E-state index in [2.05, 4.69) is 25.7 Å². The lowest BCUT2D eigenvalue weighted by atomic mass is 9.97. The summed E-state index contributed by atoms with van der Waals surface area (Å²) in [5, 5.41) is 18.6. The van der Waals surface area contributed by atoms with Gasteiger partial charge < -0.3 is 19.4 Å². The minimum Gasteiger partial charge on any atom is -0.423 e. The summed E-state index contributed by atoms with van der Waals surface area (Å²) in [6.45, 7) is 1.71. The van der Waals surface area contributed by atoms with Gasteiger partial charge >= 0.3 is 0 Å². The topological polar surface area (TPSA) is 129 Å². The second-order valence-corrected chi connectivity index (χ2v) is 11.7. The number of aromatic amines is 1. The molecule has 11 nitrogen and oxygen atoms in total. The van der Waals surface area contributed by atoms with Crippen LogP contribution in [-0.4, -0.2) is 87.4 Å². The van der Waals surface area contributed by atoms with E-state index >= 15 is 0 Å². The van der Waals surface area contributed by atoms with Crippen LogP contribution in [0.2, 0.25) is 0 Å². The predicted molar refractivity (Wildman–Crippen MR) is 170 cm³/mol. The van der Waals surface area contributed by atoms with Gasteiger partial charge in [-0.15, -0.1) is 10.2 Å². The molecule has 0 spiro atoms. The number of likely N-dealkylation sites (tertiary alicyclic amines) is 1. The summed E-state index contributed by atoms with van der Waals surface area (Å²) < 4.78 is 39.3. The Labute approximate surface area is 268 Å². The largest absolute Gasteiger partial charge is 0.423 e. The molecule has 1 fully saturated rings. The number of halogens is 2. The summed E-state index contributed by atoms with van der Waals surface area (Å²) in [6, 6.07) is 16.3. The van der Waals surface area contributed by atoms with Crippen molar-refractivity contribution in [2.45, 2.75) is 18.4 Å². The highest BCUT2D eigenvalue weighted by Crippen LogP contribution is 2.32. The molecule has 5 aromatic rings. The van der Waals surface area contributed by atoms with Crippen molar-refractivity contribution < 1.29 is 27.5 Å². The Kier molecular flexibility index (Phi) is 8.08. The number of nitrogens with zero attached hydrogens (tertiary/aromatic N) is 5. The molecule has 0 unspecified atom stereocenters. The van der Waals surface area contributed by atoms with Gasteiger partial charge in [0.15, 0.2) is 5.60 Å². The lowest BCUT2D eigenvalue weighted by Gasteiger charge is -2.30. The van der Waals surface area contributed by atoms with E-state index in [1.165, 1.54) is 31.7 Å². The first kappa shape index (κ1) is 30.4. The second kappa shape index (κ2) is 12.5. The summed E-state index contributed by atoms with van der Waals surface area (Å²) in [6.07, 6.45) is 4.00. The Morgan fingerprint density at radius 3 is 2.62 bits per heavy atom. The van der Waals surface area contributed by atoms with E-state index in [0.717, 1.165) is 22.0 Å². The van der Waals surface area contributed by atoms with Gasteiger partial charge in [0.05, 0.1) is 17.8 Å². The fourth-order valence-electron chi connectivity index (χ4n) is 6.24. The molecule has 0 radical (unpaired) electrons. The number of hydrogen-bond acceptors (Lipinski definition) is 8. The number of ether oxygens (including phenoxy) is 1. The molecule has 1 atom stereocenters. The first-order chi connectivity index (χ1) is 22.8. The van der Waals surface area contributed by atoms with Gasteiger partial charge in [-0.25, -0.2) is 8.78 Å². The normalized spacial score (nSPS) is 18.4. The Balaban J connectivity index is 0.972. The van der Waals surface area contributed by atoms with Gasteiger partial charge in [-0.05, 0) is 73.0 Å². The molecule has 2 aliphatic rings. The Bertz CT molecular complexity index is 1980. The van der Waals surface area contributed by atoms with Crippen LogP contribution in [0.4, 0.5) is 14.5 Å². The molecule has 0 aliphatic carbocycles. The molecule has 1 saturated heterocycles. The lowest BCUT2D eigenvalue weighted by Crippen LogP contribution is -2.48. The summed E-state index contributed by atoms with van der Waals surface area (Å²) >= 11 is 0. The average Bonchev–Trinajstić information content (AvgIpc) is 3.86. The second-order valence-electron chi connectivity index (χ2n) is 11.7. The van der Waals surface area contributed by atoms with Crippen LogP contribution in [0.1, 0.15) is 18.4 Å². The number of methoxy groups -OCH3 is 1. The van der Waals surface area contributed by atoms with Crippen molar-refractivity contribution in [1.29, 1.82) is 0 Å². The highest BCUT2D eigenvalue weighted by molar-refractivity contribution is 6.01. The molecule has 0 saturated carbocycles. The minimum atomic E-state index is -1.13. The number of anilines is 1. The van der Waals surface area contributed by atoms with Gasteiger partial charge in [0.2, 0.25) is 18.2 Å². The van der Waals surface area contributed by atoms with E-state index in [-0.39, 0.29) is 36.6 Å². The highest BCUT2D eigenvalue weighted by Gasteiger charge is 2.45.